The number of ether oxygens (including phenoxy) is 2. The quantitative estimate of drug-likeness (QED) is 0.220. The van der Waals surface area contributed by atoms with Crippen LogP contribution in [0.5, 0.6) is 5.75 Å². The monoisotopic (exact) mass is 522 g/mol. The zero-order valence-electron chi connectivity index (χ0n) is 19.4. The topological polar surface area (TPSA) is 95.3 Å². The average Bonchev–Trinajstić information content (AvgIpc) is 3.31. The van der Waals surface area contributed by atoms with Crippen LogP contribution in [0.1, 0.15) is 23.1 Å². The number of nitrogens with zero attached hydrogens (tertiary/aromatic N) is 3. The second-order valence-corrected chi connectivity index (χ2v) is 8.77. The Morgan fingerprint density at radius 1 is 1.00 bits per heavy atom. The number of carbonyl (C=O) groups is 2. The summed E-state index contributed by atoms with van der Waals surface area (Å²) in [5, 5.41) is 12.2. The number of hydrogen-bond acceptors (Lipinski definition) is 7. The van der Waals surface area contributed by atoms with E-state index in [9.17, 15) is 9.59 Å². The minimum Gasteiger partial charge on any atom is -0.486 e. The van der Waals surface area contributed by atoms with Gasteiger partial charge in [0.2, 0.25) is 5.91 Å². The lowest BCUT2D eigenvalue weighted by Crippen LogP contribution is -2.16. The van der Waals surface area contributed by atoms with Crippen LogP contribution in [-0.2, 0) is 16.1 Å². The SMILES string of the molecule is CCOC(=O)c1ccc(Cl)c(NC(=O)CSc2nnc(COc3ccccc3)n2-c2ccccc2)c1. The number of aromatic nitrogens is 3. The highest BCUT2D eigenvalue weighted by Crippen LogP contribution is 2.26. The van der Waals surface area contributed by atoms with Crippen LogP contribution in [0, 0.1) is 0 Å². The first-order valence-corrected chi connectivity index (χ1v) is 12.5. The fourth-order valence-electron chi connectivity index (χ4n) is 3.27. The normalized spacial score (nSPS) is 10.6. The van der Waals surface area contributed by atoms with Crippen molar-refractivity contribution in [3.05, 3.63) is 95.3 Å². The molecule has 0 aliphatic heterocycles. The Labute approximate surface area is 217 Å². The molecule has 1 aromatic heterocycles. The van der Waals surface area contributed by atoms with Gasteiger partial charge in [0.25, 0.3) is 0 Å². The number of amides is 1. The molecule has 10 heteroatoms. The minimum atomic E-state index is -0.486. The Kier molecular flexibility index (Phi) is 8.59. The van der Waals surface area contributed by atoms with E-state index in [4.69, 9.17) is 21.1 Å². The molecule has 1 N–H and O–H groups in total. The van der Waals surface area contributed by atoms with E-state index >= 15 is 0 Å². The maximum Gasteiger partial charge on any atom is 0.338 e. The molecule has 0 aliphatic carbocycles. The van der Waals surface area contributed by atoms with Gasteiger partial charge in [-0.15, -0.1) is 10.2 Å². The summed E-state index contributed by atoms with van der Waals surface area (Å²) in [5.74, 6) is 0.561. The summed E-state index contributed by atoms with van der Waals surface area (Å²) in [6.07, 6.45) is 0. The van der Waals surface area contributed by atoms with Crippen molar-refractivity contribution in [2.45, 2.75) is 18.7 Å². The van der Waals surface area contributed by atoms with Gasteiger partial charge < -0.3 is 14.8 Å². The number of anilines is 1. The molecule has 8 nitrogen and oxygen atoms in total. The molecule has 0 radical (unpaired) electrons. The number of esters is 1. The van der Waals surface area contributed by atoms with E-state index in [1.807, 2.05) is 65.2 Å². The molecule has 4 aromatic rings. The number of hydrogen-bond donors (Lipinski definition) is 1. The lowest BCUT2D eigenvalue weighted by atomic mass is 10.2. The highest BCUT2D eigenvalue weighted by atomic mass is 35.5. The van der Waals surface area contributed by atoms with Crippen LogP contribution < -0.4 is 10.1 Å². The van der Waals surface area contributed by atoms with Crippen molar-refractivity contribution in [1.82, 2.24) is 14.8 Å². The van der Waals surface area contributed by atoms with Gasteiger partial charge in [0.15, 0.2) is 11.0 Å². The van der Waals surface area contributed by atoms with Crippen molar-refractivity contribution in [3.63, 3.8) is 0 Å². The molecular formula is C26H23ClN4O4S. The number of carbonyl (C=O) groups excluding carboxylic acids is 2. The Hall–Kier alpha value is -3.82. The second-order valence-electron chi connectivity index (χ2n) is 7.42. The Morgan fingerprint density at radius 3 is 2.44 bits per heavy atom. The van der Waals surface area contributed by atoms with Crippen LogP contribution in [0.3, 0.4) is 0 Å². The Morgan fingerprint density at radius 2 is 1.72 bits per heavy atom. The van der Waals surface area contributed by atoms with Crippen LogP contribution in [0.15, 0.2) is 84.0 Å². The standard InChI is InChI=1S/C26H23ClN4O4S/c1-2-34-25(33)18-13-14-21(27)22(15-18)28-24(32)17-36-26-30-29-23(16-35-20-11-7-4-8-12-20)31(26)19-9-5-3-6-10-19/h3-15H,2,16-17H2,1H3,(H,28,32). The summed E-state index contributed by atoms with van der Waals surface area (Å²) in [4.78, 5) is 24.7. The molecule has 184 valence electrons. The highest BCUT2D eigenvalue weighted by Gasteiger charge is 2.17. The summed E-state index contributed by atoms with van der Waals surface area (Å²) in [6, 6.07) is 23.6. The summed E-state index contributed by atoms with van der Waals surface area (Å²) >= 11 is 7.44. The number of benzene rings is 3. The number of halogens is 1. The molecule has 0 saturated carbocycles. The van der Waals surface area contributed by atoms with Gasteiger partial charge in [-0.3, -0.25) is 9.36 Å². The van der Waals surface area contributed by atoms with E-state index in [0.717, 1.165) is 11.4 Å². The molecule has 0 saturated heterocycles. The third-order valence-electron chi connectivity index (χ3n) is 4.91. The van der Waals surface area contributed by atoms with Gasteiger partial charge in [-0.05, 0) is 49.4 Å². The maximum atomic E-state index is 12.7. The van der Waals surface area contributed by atoms with Gasteiger partial charge in [-0.1, -0.05) is 59.8 Å². The number of para-hydroxylation sites is 2. The zero-order chi connectivity index (χ0) is 25.3. The van der Waals surface area contributed by atoms with Crippen LogP contribution in [0.2, 0.25) is 5.02 Å². The molecule has 3 aromatic carbocycles. The van der Waals surface area contributed by atoms with Gasteiger partial charge in [-0.2, -0.15) is 0 Å². The van der Waals surface area contributed by atoms with Gasteiger partial charge in [0, 0.05) is 5.69 Å². The van der Waals surface area contributed by atoms with Crippen molar-refractivity contribution in [2.75, 3.05) is 17.7 Å². The number of nitrogens with one attached hydrogen (secondary N) is 1. The maximum absolute atomic E-state index is 12.7. The zero-order valence-corrected chi connectivity index (χ0v) is 21.0. The Balaban J connectivity index is 1.47. The first kappa shape index (κ1) is 25.3. The molecule has 0 bridgehead atoms. The third kappa shape index (κ3) is 6.44. The van der Waals surface area contributed by atoms with Gasteiger partial charge in [-0.25, -0.2) is 4.79 Å². The molecule has 1 heterocycles. The van der Waals surface area contributed by atoms with E-state index in [1.165, 1.54) is 17.8 Å². The average molecular weight is 523 g/mol. The molecular weight excluding hydrogens is 500 g/mol. The van der Waals surface area contributed by atoms with Crippen molar-refractivity contribution < 1.29 is 19.1 Å². The van der Waals surface area contributed by atoms with E-state index in [0.29, 0.717) is 27.3 Å². The minimum absolute atomic E-state index is 0.0461. The first-order chi connectivity index (χ1) is 17.5. The number of rotatable bonds is 10. The third-order valence-corrected chi connectivity index (χ3v) is 6.17. The van der Waals surface area contributed by atoms with E-state index < -0.39 is 5.97 Å². The summed E-state index contributed by atoms with van der Waals surface area (Å²) in [5.41, 5.74) is 1.48. The van der Waals surface area contributed by atoms with Crippen molar-refractivity contribution >= 4 is 40.9 Å². The van der Waals surface area contributed by atoms with Crippen LogP contribution in [-0.4, -0.2) is 39.0 Å². The molecule has 0 unspecified atom stereocenters. The predicted octanol–water partition coefficient (Wildman–Crippen LogP) is 5.41. The van der Waals surface area contributed by atoms with Crippen molar-refractivity contribution in [1.29, 1.82) is 0 Å². The molecule has 36 heavy (non-hydrogen) atoms. The lowest BCUT2D eigenvalue weighted by Gasteiger charge is -2.12. The molecule has 4 rings (SSSR count). The molecule has 0 spiro atoms. The largest absolute Gasteiger partial charge is 0.486 e. The van der Waals surface area contributed by atoms with Crippen molar-refractivity contribution in [3.8, 4) is 11.4 Å². The summed E-state index contributed by atoms with van der Waals surface area (Å²) in [6.45, 7) is 2.18. The summed E-state index contributed by atoms with van der Waals surface area (Å²) < 4.78 is 12.7. The second kappa shape index (κ2) is 12.2. The van der Waals surface area contributed by atoms with Crippen LogP contribution in [0.25, 0.3) is 5.69 Å². The molecule has 0 fully saturated rings. The molecule has 0 atom stereocenters. The highest BCUT2D eigenvalue weighted by molar-refractivity contribution is 7.99. The predicted molar refractivity (Wildman–Crippen MR) is 139 cm³/mol. The van der Waals surface area contributed by atoms with Gasteiger partial charge >= 0.3 is 5.97 Å². The van der Waals surface area contributed by atoms with E-state index in [2.05, 4.69) is 15.5 Å². The van der Waals surface area contributed by atoms with Gasteiger partial charge in [0.05, 0.1) is 28.6 Å². The Bertz CT molecular complexity index is 1330. The fraction of sp³-hybridized carbons (Fsp3) is 0.154. The van der Waals surface area contributed by atoms with E-state index in [-0.39, 0.29) is 24.9 Å². The fourth-order valence-corrected chi connectivity index (χ4v) is 4.20. The smallest absolute Gasteiger partial charge is 0.338 e. The van der Waals surface area contributed by atoms with Gasteiger partial charge in [0.1, 0.15) is 12.4 Å². The van der Waals surface area contributed by atoms with E-state index in [1.54, 1.807) is 19.1 Å². The lowest BCUT2D eigenvalue weighted by molar-refractivity contribution is -0.113. The van der Waals surface area contributed by atoms with Crippen LogP contribution in [0.4, 0.5) is 5.69 Å². The molecule has 0 aliphatic rings. The van der Waals surface area contributed by atoms with Crippen molar-refractivity contribution in [2.24, 2.45) is 0 Å². The first-order valence-electron chi connectivity index (χ1n) is 11.1. The molecule has 1 amide bonds. The van der Waals surface area contributed by atoms with Crippen LogP contribution >= 0.6 is 23.4 Å². The number of thioether (sulfide) groups is 1. The summed E-state index contributed by atoms with van der Waals surface area (Å²) in [7, 11) is 0.